The van der Waals surface area contributed by atoms with Gasteiger partial charge in [-0.2, -0.15) is 0 Å². The summed E-state index contributed by atoms with van der Waals surface area (Å²) in [5, 5.41) is 0. The van der Waals surface area contributed by atoms with E-state index in [1.807, 2.05) is 14.2 Å². The maximum absolute atomic E-state index is 6.15. The van der Waals surface area contributed by atoms with Crippen LogP contribution in [-0.4, -0.2) is 32.7 Å². The average molecular weight is 441 g/mol. The summed E-state index contributed by atoms with van der Waals surface area (Å²) < 4.78 is 17.7. The van der Waals surface area contributed by atoms with Gasteiger partial charge < -0.3 is 14.2 Å². The number of ether oxygens (including phenoxy) is 3. The average Bonchev–Trinajstić information content (AvgIpc) is 3.61. The van der Waals surface area contributed by atoms with Gasteiger partial charge in [0.05, 0.1) is 12.7 Å². The fourth-order valence-electron chi connectivity index (χ4n) is 5.08. The molecule has 0 amide bonds. The van der Waals surface area contributed by atoms with Gasteiger partial charge in [-0.1, -0.05) is 110 Å². The molecule has 1 rings (SSSR count). The zero-order valence-electron chi connectivity index (χ0n) is 21.7. The van der Waals surface area contributed by atoms with Gasteiger partial charge in [0.25, 0.3) is 0 Å². The molecule has 0 N–H and O–H groups in total. The molecule has 1 aliphatic heterocycles. The zero-order chi connectivity index (χ0) is 22.6. The molecule has 2 atom stereocenters. The van der Waals surface area contributed by atoms with E-state index in [9.17, 15) is 0 Å². The summed E-state index contributed by atoms with van der Waals surface area (Å²) in [4.78, 5) is 0. The Morgan fingerprint density at radius 2 is 1.13 bits per heavy atom. The Labute approximate surface area is 195 Å². The van der Waals surface area contributed by atoms with E-state index in [4.69, 9.17) is 14.2 Å². The minimum absolute atomic E-state index is 0.387. The number of unbranched alkanes of at least 4 members (excludes halogenated alkanes) is 13. The number of hydrogen-bond donors (Lipinski definition) is 0. The van der Waals surface area contributed by atoms with Crippen LogP contribution in [0.25, 0.3) is 0 Å². The molecule has 186 valence electrons. The minimum Gasteiger partial charge on any atom is -0.373 e. The van der Waals surface area contributed by atoms with Crippen LogP contribution in [0.5, 0.6) is 0 Å². The molecule has 3 nitrogen and oxygen atoms in total. The molecule has 1 fully saturated rings. The Bertz CT molecular complexity index is 376. The summed E-state index contributed by atoms with van der Waals surface area (Å²) in [6, 6.07) is 0. The first kappa shape index (κ1) is 28.9. The van der Waals surface area contributed by atoms with Gasteiger partial charge in [-0.05, 0) is 25.7 Å². The van der Waals surface area contributed by atoms with Crippen LogP contribution >= 0.6 is 0 Å². The van der Waals surface area contributed by atoms with Crippen molar-refractivity contribution in [2.45, 2.75) is 154 Å². The minimum atomic E-state index is -0.387. The summed E-state index contributed by atoms with van der Waals surface area (Å²) >= 11 is 0. The first-order valence-electron chi connectivity index (χ1n) is 13.9. The van der Waals surface area contributed by atoms with E-state index in [1.54, 1.807) is 0 Å². The highest BCUT2D eigenvalue weighted by molar-refractivity contribution is 4.81. The molecule has 0 bridgehead atoms. The maximum Gasteiger partial charge on any atom is 0.170 e. The van der Waals surface area contributed by atoms with E-state index in [0.29, 0.717) is 12.0 Å². The van der Waals surface area contributed by atoms with Gasteiger partial charge in [0.15, 0.2) is 5.79 Å². The number of methoxy groups -OCH3 is 2. The van der Waals surface area contributed by atoms with Gasteiger partial charge >= 0.3 is 0 Å². The maximum atomic E-state index is 6.15. The Morgan fingerprint density at radius 1 is 0.677 bits per heavy atom. The normalized spacial score (nSPS) is 17.2. The number of epoxide rings is 1. The molecule has 0 aromatic rings. The van der Waals surface area contributed by atoms with Crippen LogP contribution in [0.2, 0.25) is 0 Å². The molecular formula is C28H56O3. The molecule has 31 heavy (non-hydrogen) atoms. The summed E-state index contributed by atoms with van der Waals surface area (Å²) in [6.45, 7) is 5.57. The molecule has 3 heteroatoms. The monoisotopic (exact) mass is 440 g/mol. The van der Waals surface area contributed by atoms with Gasteiger partial charge in [-0.3, -0.25) is 0 Å². The highest BCUT2D eigenvalue weighted by atomic mass is 16.7. The molecule has 0 radical (unpaired) electrons. The van der Waals surface area contributed by atoms with Gasteiger partial charge in [0.2, 0.25) is 0 Å². The van der Waals surface area contributed by atoms with Crippen LogP contribution in [0, 0.1) is 5.92 Å². The van der Waals surface area contributed by atoms with Gasteiger partial charge in [0, 0.05) is 26.6 Å². The van der Waals surface area contributed by atoms with Crippen molar-refractivity contribution in [3.05, 3.63) is 0 Å². The first-order chi connectivity index (χ1) is 15.2. The molecule has 1 heterocycles. The second kappa shape index (κ2) is 19.4. The lowest BCUT2D eigenvalue weighted by Crippen LogP contribution is -2.42. The Hall–Kier alpha value is -0.120. The van der Waals surface area contributed by atoms with Gasteiger partial charge in [-0.25, -0.2) is 0 Å². The van der Waals surface area contributed by atoms with E-state index in [1.165, 1.54) is 122 Å². The third-order valence-electron chi connectivity index (χ3n) is 7.33. The van der Waals surface area contributed by atoms with Crippen molar-refractivity contribution in [3.8, 4) is 0 Å². The lowest BCUT2D eigenvalue weighted by molar-refractivity contribution is -0.247. The molecule has 0 aliphatic carbocycles. The van der Waals surface area contributed by atoms with Gasteiger partial charge in [-0.15, -0.1) is 0 Å². The van der Waals surface area contributed by atoms with E-state index < -0.39 is 0 Å². The van der Waals surface area contributed by atoms with Crippen molar-refractivity contribution in [2.24, 2.45) is 5.92 Å². The van der Waals surface area contributed by atoms with E-state index in [2.05, 4.69) is 13.8 Å². The summed E-state index contributed by atoms with van der Waals surface area (Å²) in [5.74, 6) is 0.125. The molecule has 0 aromatic carbocycles. The molecule has 2 unspecified atom stereocenters. The molecule has 1 aliphatic rings. The molecule has 0 saturated carbocycles. The second-order valence-corrected chi connectivity index (χ2v) is 9.94. The van der Waals surface area contributed by atoms with Crippen LogP contribution in [0.1, 0.15) is 142 Å². The quantitative estimate of drug-likeness (QED) is 0.0853. The Balaban J connectivity index is 2.44. The number of rotatable bonds is 24. The van der Waals surface area contributed by atoms with Crippen LogP contribution < -0.4 is 0 Å². The summed E-state index contributed by atoms with van der Waals surface area (Å²) in [5.41, 5.74) is 0. The first-order valence-corrected chi connectivity index (χ1v) is 13.9. The highest BCUT2D eigenvalue weighted by Gasteiger charge is 2.38. The van der Waals surface area contributed by atoms with Crippen molar-refractivity contribution in [1.82, 2.24) is 0 Å². The third kappa shape index (κ3) is 13.9. The lowest BCUT2D eigenvalue weighted by atomic mass is 9.84. The van der Waals surface area contributed by atoms with Crippen LogP contribution in [-0.2, 0) is 14.2 Å². The zero-order valence-corrected chi connectivity index (χ0v) is 21.7. The fourth-order valence-corrected chi connectivity index (χ4v) is 5.08. The second-order valence-electron chi connectivity index (χ2n) is 9.94. The fraction of sp³-hybridized carbons (Fsp3) is 1.00. The Morgan fingerprint density at radius 3 is 1.61 bits per heavy atom. The summed E-state index contributed by atoms with van der Waals surface area (Å²) in [6.07, 6.45) is 26.8. The Kier molecular flexibility index (Phi) is 18.1. The van der Waals surface area contributed by atoms with Crippen LogP contribution in [0.3, 0.4) is 0 Å². The van der Waals surface area contributed by atoms with Crippen molar-refractivity contribution in [1.29, 1.82) is 0 Å². The standard InChI is InChI=1S/C28H56O3/c1-5-7-9-11-13-14-16-20-24-28(29-3,30-4)26(21-17-15-12-10-8-6-2)22-18-19-23-27-25-31-27/h26-27H,5-25H2,1-4H3. The smallest absolute Gasteiger partial charge is 0.170 e. The third-order valence-corrected chi connectivity index (χ3v) is 7.33. The predicted octanol–water partition coefficient (Wildman–Crippen LogP) is 8.83. The highest BCUT2D eigenvalue weighted by Crippen LogP contribution is 2.36. The van der Waals surface area contributed by atoms with Crippen molar-refractivity contribution in [2.75, 3.05) is 20.8 Å². The lowest BCUT2D eigenvalue weighted by Gasteiger charge is -2.39. The number of hydrogen-bond acceptors (Lipinski definition) is 3. The summed E-state index contributed by atoms with van der Waals surface area (Å²) in [7, 11) is 3.75. The van der Waals surface area contributed by atoms with Crippen LogP contribution in [0.4, 0.5) is 0 Å². The largest absolute Gasteiger partial charge is 0.373 e. The van der Waals surface area contributed by atoms with Crippen molar-refractivity contribution in [3.63, 3.8) is 0 Å². The van der Waals surface area contributed by atoms with Crippen LogP contribution in [0.15, 0.2) is 0 Å². The molecule has 0 aromatic heterocycles. The van der Waals surface area contributed by atoms with Gasteiger partial charge in [0.1, 0.15) is 0 Å². The molecule has 1 saturated heterocycles. The SMILES string of the molecule is CCCCCCCCCCC(OC)(OC)C(CCCCCCCC)CCCCC1CO1. The van der Waals surface area contributed by atoms with Crippen molar-refractivity contribution >= 4 is 0 Å². The van der Waals surface area contributed by atoms with E-state index >= 15 is 0 Å². The molecule has 0 spiro atoms. The van der Waals surface area contributed by atoms with E-state index in [-0.39, 0.29) is 5.79 Å². The topological polar surface area (TPSA) is 31.0 Å². The molecular weight excluding hydrogens is 384 g/mol. The van der Waals surface area contributed by atoms with Crippen molar-refractivity contribution < 1.29 is 14.2 Å². The predicted molar refractivity (Wildman–Crippen MR) is 134 cm³/mol. The van der Waals surface area contributed by atoms with E-state index in [0.717, 1.165) is 13.0 Å².